The van der Waals surface area contributed by atoms with Gasteiger partial charge in [0.15, 0.2) is 0 Å². The first-order valence-electron chi connectivity index (χ1n) is 9.35. The highest BCUT2D eigenvalue weighted by atomic mass is 16.5. The van der Waals surface area contributed by atoms with Crippen molar-refractivity contribution in [3.05, 3.63) is 35.5 Å². The molecule has 5 heteroatoms. The second-order valence-corrected chi connectivity index (χ2v) is 6.85. The Morgan fingerprint density at radius 2 is 1.80 bits per heavy atom. The van der Waals surface area contributed by atoms with Crippen molar-refractivity contribution in [2.75, 3.05) is 31.6 Å². The van der Waals surface area contributed by atoms with Gasteiger partial charge in [-0.3, -0.25) is 0 Å². The molecule has 1 aromatic heterocycles. The van der Waals surface area contributed by atoms with Crippen molar-refractivity contribution in [3.8, 4) is 17.0 Å². The van der Waals surface area contributed by atoms with Crippen LogP contribution in [0, 0.1) is 0 Å². The first kappa shape index (κ1) is 16.3. The third-order valence-electron chi connectivity index (χ3n) is 5.15. The van der Waals surface area contributed by atoms with Gasteiger partial charge >= 0.3 is 0 Å². The number of anilines is 1. The fourth-order valence-electron chi connectivity index (χ4n) is 3.73. The van der Waals surface area contributed by atoms with E-state index in [-0.39, 0.29) is 0 Å². The molecule has 0 atom stereocenters. The Bertz CT molecular complexity index is 723. The molecule has 5 nitrogen and oxygen atoms in total. The highest BCUT2D eigenvalue weighted by Crippen LogP contribution is 2.30. The number of nitrogens with zero attached hydrogens (tertiary/aromatic N) is 3. The summed E-state index contributed by atoms with van der Waals surface area (Å²) in [4.78, 5) is 12.3. The third kappa shape index (κ3) is 3.47. The molecule has 0 amide bonds. The Balaban J connectivity index is 1.78. The van der Waals surface area contributed by atoms with Crippen molar-refractivity contribution in [1.82, 2.24) is 15.3 Å². The summed E-state index contributed by atoms with van der Waals surface area (Å²) in [6, 6.07) is 8.22. The van der Waals surface area contributed by atoms with Crippen LogP contribution in [0.3, 0.4) is 0 Å². The van der Waals surface area contributed by atoms with Gasteiger partial charge in [-0.2, -0.15) is 0 Å². The zero-order chi connectivity index (χ0) is 17.1. The molecule has 0 bridgehead atoms. The smallest absolute Gasteiger partial charge is 0.226 e. The SMILES string of the molecule is COc1ccc(-c2nc(N3CCCCC3)nc3c2CNCCC3)cc1. The molecule has 0 radical (unpaired) electrons. The van der Waals surface area contributed by atoms with Crippen LogP contribution in [0.1, 0.15) is 36.9 Å². The van der Waals surface area contributed by atoms with E-state index >= 15 is 0 Å². The van der Waals surface area contributed by atoms with Gasteiger partial charge in [0, 0.05) is 30.8 Å². The Morgan fingerprint density at radius 3 is 2.56 bits per heavy atom. The molecule has 0 saturated carbocycles. The number of rotatable bonds is 3. The predicted octanol–water partition coefficient (Wildman–Crippen LogP) is 3.18. The van der Waals surface area contributed by atoms with E-state index < -0.39 is 0 Å². The van der Waals surface area contributed by atoms with Crippen LogP contribution in [0.25, 0.3) is 11.3 Å². The maximum Gasteiger partial charge on any atom is 0.226 e. The van der Waals surface area contributed by atoms with Crippen LogP contribution in [0.2, 0.25) is 0 Å². The Morgan fingerprint density at radius 1 is 1.00 bits per heavy atom. The van der Waals surface area contributed by atoms with Crippen molar-refractivity contribution >= 4 is 5.95 Å². The number of nitrogens with one attached hydrogen (secondary N) is 1. The summed E-state index contributed by atoms with van der Waals surface area (Å²) in [6.45, 7) is 4.02. The van der Waals surface area contributed by atoms with Gasteiger partial charge in [-0.1, -0.05) is 0 Å². The number of piperidine rings is 1. The molecule has 3 heterocycles. The van der Waals surface area contributed by atoms with E-state index in [0.29, 0.717) is 0 Å². The van der Waals surface area contributed by atoms with Crippen LogP contribution in [0.5, 0.6) is 5.75 Å². The summed E-state index contributed by atoms with van der Waals surface area (Å²) in [7, 11) is 1.70. The van der Waals surface area contributed by atoms with E-state index in [0.717, 1.165) is 62.0 Å². The highest BCUT2D eigenvalue weighted by Gasteiger charge is 2.21. The van der Waals surface area contributed by atoms with Crippen LogP contribution in [0.15, 0.2) is 24.3 Å². The molecular formula is C20H26N4O. The van der Waals surface area contributed by atoms with Gasteiger partial charge in [-0.05, 0) is 62.9 Å². The number of fused-ring (bicyclic) bond motifs is 1. The fraction of sp³-hybridized carbons (Fsp3) is 0.500. The van der Waals surface area contributed by atoms with Crippen molar-refractivity contribution in [3.63, 3.8) is 0 Å². The molecule has 1 aromatic carbocycles. The number of aryl methyl sites for hydroxylation is 1. The minimum Gasteiger partial charge on any atom is -0.497 e. The lowest BCUT2D eigenvalue weighted by Crippen LogP contribution is -2.31. The number of hydrogen-bond acceptors (Lipinski definition) is 5. The number of benzene rings is 1. The third-order valence-corrected chi connectivity index (χ3v) is 5.15. The van der Waals surface area contributed by atoms with Gasteiger partial charge < -0.3 is 15.0 Å². The van der Waals surface area contributed by atoms with E-state index in [1.54, 1.807) is 7.11 Å². The van der Waals surface area contributed by atoms with Gasteiger partial charge in [-0.25, -0.2) is 9.97 Å². The van der Waals surface area contributed by atoms with Crippen LogP contribution in [-0.2, 0) is 13.0 Å². The zero-order valence-corrected chi connectivity index (χ0v) is 14.9. The maximum atomic E-state index is 5.30. The fourth-order valence-corrected chi connectivity index (χ4v) is 3.73. The quantitative estimate of drug-likeness (QED) is 0.931. The first-order chi connectivity index (χ1) is 12.3. The van der Waals surface area contributed by atoms with Crippen molar-refractivity contribution in [1.29, 1.82) is 0 Å². The Labute approximate surface area is 149 Å². The van der Waals surface area contributed by atoms with Crippen molar-refractivity contribution in [2.45, 2.75) is 38.6 Å². The summed E-state index contributed by atoms with van der Waals surface area (Å²) < 4.78 is 5.30. The zero-order valence-electron chi connectivity index (χ0n) is 14.9. The minimum atomic E-state index is 0.844. The molecule has 2 aromatic rings. The first-order valence-corrected chi connectivity index (χ1v) is 9.35. The number of aromatic nitrogens is 2. The Hall–Kier alpha value is -2.14. The van der Waals surface area contributed by atoms with Gasteiger partial charge in [-0.15, -0.1) is 0 Å². The summed E-state index contributed by atoms with van der Waals surface area (Å²) in [5, 5.41) is 3.52. The molecule has 2 aliphatic rings. The lowest BCUT2D eigenvalue weighted by molar-refractivity contribution is 0.415. The summed E-state index contributed by atoms with van der Waals surface area (Å²) in [5.41, 5.74) is 4.68. The van der Waals surface area contributed by atoms with Crippen LogP contribution >= 0.6 is 0 Å². The molecule has 2 aliphatic heterocycles. The van der Waals surface area contributed by atoms with E-state index in [9.17, 15) is 0 Å². The summed E-state index contributed by atoms with van der Waals surface area (Å²) in [6.07, 6.45) is 5.94. The molecule has 1 fully saturated rings. The Kier molecular flexibility index (Phi) is 4.83. The van der Waals surface area contributed by atoms with Gasteiger partial charge in [0.25, 0.3) is 0 Å². The second-order valence-electron chi connectivity index (χ2n) is 6.85. The van der Waals surface area contributed by atoms with Crippen LogP contribution in [-0.4, -0.2) is 36.7 Å². The molecule has 4 rings (SSSR count). The maximum absolute atomic E-state index is 5.30. The van der Waals surface area contributed by atoms with Gasteiger partial charge in [0.05, 0.1) is 18.5 Å². The molecule has 0 aliphatic carbocycles. The molecule has 1 N–H and O–H groups in total. The predicted molar refractivity (Wildman–Crippen MR) is 100 cm³/mol. The average Bonchev–Trinajstić information content (AvgIpc) is 2.93. The van der Waals surface area contributed by atoms with Crippen LogP contribution in [0.4, 0.5) is 5.95 Å². The molecule has 1 saturated heterocycles. The number of methoxy groups -OCH3 is 1. The van der Waals surface area contributed by atoms with Crippen molar-refractivity contribution < 1.29 is 4.74 Å². The van der Waals surface area contributed by atoms with E-state index in [2.05, 4.69) is 22.3 Å². The van der Waals surface area contributed by atoms with E-state index in [1.807, 2.05) is 12.1 Å². The van der Waals surface area contributed by atoms with E-state index in [1.165, 1.54) is 30.5 Å². The standard InChI is InChI=1S/C20H26N4O/c1-25-16-9-7-15(8-10-16)19-17-14-21-11-5-6-18(17)22-20(23-19)24-12-3-2-4-13-24/h7-10,21H,2-6,11-14H2,1H3. The summed E-state index contributed by atoms with van der Waals surface area (Å²) >= 11 is 0. The summed E-state index contributed by atoms with van der Waals surface area (Å²) in [5.74, 6) is 1.78. The molecule has 25 heavy (non-hydrogen) atoms. The lowest BCUT2D eigenvalue weighted by Gasteiger charge is -2.28. The van der Waals surface area contributed by atoms with Crippen molar-refractivity contribution in [2.24, 2.45) is 0 Å². The minimum absolute atomic E-state index is 0.844. The largest absolute Gasteiger partial charge is 0.497 e. The monoisotopic (exact) mass is 338 g/mol. The van der Waals surface area contributed by atoms with Gasteiger partial charge in [0.1, 0.15) is 5.75 Å². The number of hydrogen-bond donors (Lipinski definition) is 1. The average molecular weight is 338 g/mol. The highest BCUT2D eigenvalue weighted by molar-refractivity contribution is 5.66. The lowest BCUT2D eigenvalue weighted by atomic mass is 10.0. The molecular weight excluding hydrogens is 312 g/mol. The second kappa shape index (κ2) is 7.40. The topological polar surface area (TPSA) is 50.3 Å². The van der Waals surface area contributed by atoms with Gasteiger partial charge in [0.2, 0.25) is 5.95 Å². The molecule has 132 valence electrons. The molecule has 0 unspecified atom stereocenters. The molecule has 0 spiro atoms. The van der Waals surface area contributed by atoms with Crippen LogP contribution < -0.4 is 15.0 Å². The van der Waals surface area contributed by atoms with E-state index in [4.69, 9.17) is 14.7 Å². The number of ether oxygens (including phenoxy) is 1. The normalized spacial score (nSPS) is 17.7.